The van der Waals surface area contributed by atoms with Gasteiger partial charge in [0.15, 0.2) is 6.61 Å². The maximum atomic E-state index is 10.6. The van der Waals surface area contributed by atoms with Gasteiger partial charge in [-0.25, -0.2) is 9.78 Å². The zero-order valence-electron chi connectivity index (χ0n) is 8.14. The van der Waals surface area contributed by atoms with Gasteiger partial charge in [0.25, 0.3) is 5.69 Å². The maximum absolute atomic E-state index is 10.6. The van der Waals surface area contributed by atoms with Crippen molar-refractivity contribution in [3.05, 3.63) is 26.3 Å². The normalized spacial score (nSPS) is 9.88. The van der Waals surface area contributed by atoms with Crippen LogP contribution in [0.5, 0.6) is 5.88 Å². The number of carbonyl (C=O) groups is 1. The number of rotatable bonds is 4. The highest BCUT2D eigenvalue weighted by Gasteiger charge is 2.18. The number of carboxylic acids is 1. The number of carboxylic acid groups (broad SMARTS) is 1. The third-order valence-electron chi connectivity index (χ3n) is 1.73. The van der Waals surface area contributed by atoms with E-state index in [1.165, 1.54) is 6.92 Å². The van der Waals surface area contributed by atoms with Crippen LogP contribution in [0.25, 0.3) is 0 Å². The Kier molecular flexibility index (Phi) is 3.78. The SMILES string of the molecule is Cc1c([N+](=O)[O-])cnc(OCC(=O)O)c1Br. The maximum Gasteiger partial charge on any atom is 0.341 e. The lowest BCUT2D eigenvalue weighted by molar-refractivity contribution is -0.385. The molecular weight excluding hydrogens is 284 g/mol. The van der Waals surface area contributed by atoms with Crippen molar-refractivity contribution >= 4 is 27.6 Å². The van der Waals surface area contributed by atoms with Crippen LogP contribution in [0.2, 0.25) is 0 Å². The second-order valence-electron chi connectivity index (χ2n) is 2.83. The Bertz CT molecular complexity index is 448. The van der Waals surface area contributed by atoms with Crippen LogP contribution in [0.15, 0.2) is 10.7 Å². The molecule has 0 saturated heterocycles. The van der Waals surface area contributed by atoms with Crippen LogP contribution in [0.4, 0.5) is 5.69 Å². The van der Waals surface area contributed by atoms with Crippen molar-refractivity contribution in [2.75, 3.05) is 6.61 Å². The average Bonchev–Trinajstić information content (AvgIpc) is 2.19. The average molecular weight is 291 g/mol. The largest absolute Gasteiger partial charge is 0.479 e. The van der Waals surface area contributed by atoms with E-state index < -0.39 is 17.5 Å². The summed E-state index contributed by atoms with van der Waals surface area (Å²) in [6.07, 6.45) is 1.03. The monoisotopic (exact) mass is 290 g/mol. The number of hydrogen-bond acceptors (Lipinski definition) is 5. The molecule has 1 aromatic rings. The number of pyridine rings is 1. The number of aromatic nitrogens is 1. The quantitative estimate of drug-likeness (QED) is 0.666. The van der Waals surface area contributed by atoms with E-state index in [0.29, 0.717) is 5.56 Å². The van der Waals surface area contributed by atoms with Crippen molar-refractivity contribution in [3.8, 4) is 5.88 Å². The summed E-state index contributed by atoms with van der Waals surface area (Å²) in [4.78, 5) is 23.9. The van der Waals surface area contributed by atoms with Gasteiger partial charge in [0.1, 0.15) is 6.20 Å². The molecule has 0 aliphatic heterocycles. The van der Waals surface area contributed by atoms with Crippen molar-refractivity contribution in [2.24, 2.45) is 0 Å². The molecule has 7 nitrogen and oxygen atoms in total. The number of aliphatic carboxylic acids is 1. The van der Waals surface area contributed by atoms with Gasteiger partial charge >= 0.3 is 5.97 Å². The lowest BCUT2D eigenvalue weighted by atomic mass is 10.2. The topological polar surface area (TPSA) is 103 Å². The molecule has 1 heterocycles. The highest BCUT2D eigenvalue weighted by atomic mass is 79.9. The van der Waals surface area contributed by atoms with Gasteiger partial charge in [0.05, 0.1) is 9.40 Å². The first-order chi connectivity index (χ1) is 7.43. The molecule has 1 rings (SSSR count). The minimum atomic E-state index is -1.15. The number of nitrogens with zero attached hydrogens (tertiary/aromatic N) is 2. The first-order valence-corrected chi connectivity index (χ1v) is 4.87. The molecule has 1 N–H and O–H groups in total. The summed E-state index contributed by atoms with van der Waals surface area (Å²) in [5, 5.41) is 19.0. The summed E-state index contributed by atoms with van der Waals surface area (Å²) in [5.74, 6) is -1.13. The number of ether oxygens (including phenoxy) is 1. The molecular formula is C8H7BrN2O5. The lowest BCUT2D eigenvalue weighted by Crippen LogP contribution is -2.11. The minimum Gasteiger partial charge on any atom is -0.479 e. The predicted octanol–water partition coefficient (Wildman–Crippen LogP) is 1.52. The van der Waals surface area contributed by atoms with Crippen LogP contribution in [0, 0.1) is 17.0 Å². The molecule has 0 aliphatic carbocycles. The molecule has 0 fully saturated rings. The second-order valence-corrected chi connectivity index (χ2v) is 3.62. The van der Waals surface area contributed by atoms with E-state index in [0.717, 1.165) is 6.20 Å². The van der Waals surface area contributed by atoms with Gasteiger partial charge in [-0.15, -0.1) is 0 Å². The van der Waals surface area contributed by atoms with Gasteiger partial charge < -0.3 is 9.84 Å². The van der Waals surface area contributed by atoms with Gasteiger partial charge in [-0.2, -0.15) is 0 Å². The summed E-state index contributed by atoms with van der Waals surface area (Å²) in [6, 6.07) is 0. The second kappa shape index (κ2) is 4.88. The van der Waals surface area contributed by atoms with E-state index >= 15 is 0 Å². The highest BCUT2D eigenvalue weighted by Crippen LogP contribution is 2.31. The van der Waals surface area contributed by atoms with Crippen LogP contribution < -0.4 is 4.74 Å². The van der Waals surface area contributed by atoms with Crippen LogP contribution in [-0.4, -0.2) is 27.6 Å². The van der Waals surface area contributed by atoms with E-state index in [2.05, 4.69) is 20.9 Å². The number of hydrogen-bond donors (Lipinski definition) is 1. The Morgan fingerprint density at radius 3 is 2.88 bits per heavy atom. The Balaban J connectivity index is 3.02. The fourth-order valence-corrected chi connectivity index (χ4v) is 1.38. The lowest BCUT2D eigenvalue weighted by Gasteiger charge is -2.06. The summed E-state index contributed by atoms with van der Waals surface area (Å²) >= 11 is 3.06. The van der Waals surface area contributed by atoms with Crippen molar-refractivity contribution in [1.82, 2.24) is 4.98 Å². The van der Waals surface area contributed by atoms with Gasteiger partial charge in [0, 0.05) is 5.56 Å². The van der Waals surface area contributed by atoms with Crippen LogP contribution in [0.1, 0.15) is 5.56 Å². The Labute approximate surface area is 98.3 Å². The molecule has 0 aliphatic rings. The van der Waals surface area contributed by atoms with E-state index in [4.69, 9.17) is 9.84 Å². The van der Waals surface area contributed by atoms with Gasteiger partial charge in [-0.3, -0.25) is 10.1 Å². The Morgan fingerprint density at radius 1 is 1.75 bits per heavy atom. The van der Waals surface area contributed by atoms with Crippen LogP contribution in [-0.2, 0) is 4.79 Å². The summed E-state index contributed by atoms with van der Waals surface area (Å²) < 4.78 is 5.11. The molecule has 0 amide bonds. The predicted molar refractivity (Wildman–Crippen MR) is 56.5 cm³/mol. The van der Waals surface area contributed by atoms with Crippen molar-refractivity contribution in [1.29, 1.82) is 0 Å². The minimum absolute atomic E-state index is 0.0190. The third-order valence-corrected chi connectivity index (χ3v) is 2.67. The van der Waals surface area contributed by atoms with Gasteiger partial charge in [-0.1, -0.05) is 0 Å². The molecule has 0 aromatic carbocycles. The Hall–Kier alpha value is -1.70. The number of nitro groups is 1. The molecule has 16 heavy (non-hydrogen) atoms. The summed E-state index contributed by atoms with van der Waals surface area (Å²) in [6.45, 7) is 0.959. The van der Waals surface area contributed by atoms with Crippen molar-refractivity contribution in [2.45, 2.75) is 6.92 Å². The highest BCUT2D eigenvalue weighted by molar-refractivity contribution is 9.10. The molecule has 0 radical (unpaired) electrons. The molecule has 0 bridgehead atoms. The zero-order valence-corrected chi connectivity index (χ0v) is 9.72. The fourth-order valence-electron chi connectivity index (χ4n) is 0.961. The fraction of sp³-hybridized carbons (Fsp3) is 0.250. The zero-order chi connectivity index (χ0) is 12.3. The van der Waals surface area contributed by atoms with E-state index in [1.807, 2.05) is 0 Å². The molecule has 0 spiro atoms. The molecule has 8 heteroatoms. The van der Waals surface area contributed by atoms with Crippen LogP contribution in [0.3, 0.4) is 0 Å². The standard InChI is InChI=1S/C8H7BrN2O5/c1-4-5(11(14)15)2-10-8(7(4)9)16-3-6(12)13/h2H,3H2,1H3,(H,12,13). The summed E-state index contributed by atoms with van der Waals surface area (Å²) in [7, 11) is 0. The number of halogens is 1. The molecule has 86 valence electrons. The summed E-state index contributed by atoms with van der Waals surface area (Å²) in [5.41, 5.74) is 0.176. The molecule has 0 atom stereocenters. The molecule has 1 aromatic heterocycles. The van der Waals surface area contributed by atoms with Gasteiger partial charge in [0.2, 0.25) is 5.88 Å². The first-order valence-electron chi connectivity index (χ1n) is 4.07. The van der Waals surface area contributed by atoms with E-state index in [9.17, 15) is 14.9 Å². The molecule has 0 unspecified atom stereocenters. The van der Waals surface area contributed by atoms with Gasteiger partial charge in [-0.05, 0) is 22.9 Å². The van der Waals surface area contributed by atoms with Crippen molar-refractivity contribution in [3.63, 3.8) is 0 Å². The first kappa shape index (κ1) is 12.4. The Morgan fingerprint density at radius 2 is 2.38 bits per heavy atom. The third kappa shape index (κ3) is 2.66. The molecule has 0 saturated carbocycles. The smallest absolute Gasteiger partial charge is 0.341 e. The van der Waals surface area contributed by atoms with Crippen LogP contribution >= 0.6 is 15.9 Å². The van der Waals surface area contributed by atoms with Crippen molar-refractivity contribution < 1.29 is 19.6 Å². The van der Waals surface area contributed by atoms with E-state index in [1.54, 1.807) is 0 Å². The van der Waals surface area contributed by atoms with E-state index in [-0.39, 0.29) is 16.0 Å².